The second kappa shape index (κ2) is 15.9. The largest absolute Gasteiger partial charge is 0.444 e. The number of aliphatic imine (C=N–C) groups is 1. The predicted molar refractivity (Wildman–Crippen MR) is 132 cm³/mol. The van der Waals surface area contributed by atoms with E-state index in [9.17, 15) is 4.79 Å². The van der Waals surface area contributed by atoms with Crippen molar-refractivity contribution in [3.63, 3.8) is 0 Å². The molecule has 0 radical (unpaired) electrons. The second-order valence-electron chi connectivity index (χ2n) is 8.86. The summed E-state index contributed by atoms with van der Waals surface area (Å²) in [6.45, 7) is 14.3. The number of nitrogens with one attached hydrogen (secondary N) is 3. The Kier molecular flexibility index (Phi) is 15.5. The van der Waals surface area contributed by atoms with Crippen molar-refractivity contribution in [3.05, 3.63) is 0 Å². The average Bonchev–Trinajstić information content (AvgIpc) is 2.65. The first-order chi connectivity index (χ1) is 13.7. The van der Waals surface area contributed by atoms with Gasteiger partial charge in [0.2, 0.25) is 0 Å². The molecule has 1 saturated heterocycles. The standard InChI is InChI=1S/C21H42N4O4.HI/c1-16(2)18(25-20(26)29-21(3,4)5)14-24-19(22-6)23-10-7-11-28-15-17-8-12-27-13-9-17;/h16-18H,7-15H2,1-6H3,(H,25,26)(H2,22,23,24);1H. The predicted octanol–water partition coefficient (Wildman–Crippen LogP) is 3.15. The fraction of sp³-hybridized carbons (Fsp3) is 0.905. The van der Waals surface area contributed by atoms with Crippen LogP contribution in [0.1, 0.15) is 53.9 Å². The van der Waals surface area contributed by atoms with Crippen LogP contribution in [0.4, 0.5) is 4.79 Å². The van der Waals surface area contributed by atoms with Crippen molar-refractivity contribution in [2.45, 2.75) is 65.5 Å². The van der Waals surface area contributed by atoms with Gasteiger partial charge in [-0.3, -0.25) is 4.99 Å². The molecule has 1 amide bonds. The Labute approximate surface area is 199 Å². The highest BCUT2D eigenvalue weighted by Crippen LogP contribution is 2.14. The number of guanidine groups is 1. The zero-order chi connectivity index (χ0) is 21.7. The van der Waals surface area contributed by atoms with Gasteiger partial charge >= 0.3 is 6.09 Å². The lowest BCUT2D eigenvalue weighted by Gasteiger charge is -2.26. The van der Waals surface area contributed by atoms with Gasteiger partial charge in [-0.2, -0.15) is 0 Å². The maximum atomic E-state index is 12.0. The Morgan fingerprint density at radius 3 is 2.43 bits per heavy atom. The molecule has 0 aromatic carbocycles. The van der Waals surface area contributed by atoms with Crippen molar-refractivity contribution >= 4 is 36.0 Å². The lowest BCUT2D eigenvalue weighted by molar-refractivity contribution is 0.0203. The normalized spacial score (nSPS) is 16.6. The second-order valence-corrected chi connectivity index (χ2v) is 8.86. The molecule has 8 nitrogen and oxygen atoms in total. The van der Waals surface area contributed by atoms with E-state index >= 15 is 0 Å². The molecule has 0 aromatic heterocycles. The summed E-state index contributed by atoms with van der Waals surface area (Å²) in [4.78, 5) is 16.3. The number of alkyl carbamates (subject to hydrolysis) is 1. The zero-order valence-corrected chi connectivity index (χ0v) is 21.9. The Bertz CT molecular complexity index is 492. The molecule has 3 N–H and O–H groups in total. The van der Waals surface area contributed by atoms with Crippen LogP contribution in [0.3, 0.4) is 0 Å². The van der Waals surface area contributed by atoms with Crippen LogP contribution in [0.15, 0.2) is 4.99 Å². The SMILES string of the molecule is CN=C(NCCCOCC1CCOCC1)NCC(NC(=O)OC(C)(C)C)C(C)C.I. The van der Waals surface area contributed by atoms with Gasteiger partial charge in [0.05, 0.1) is 6.04 Å². The van der Waals surface area contributed by atoms with E-state index in [1.807, 2.05) is 20.8 Å². The minimum atomic E-state index is -0.510. The molecule has 1 fully saturated rings. The number of hydrogen-bond acceptors (Lipinski definition) is 5. The molecule has 0 saturated carbocycles. The molecule has 178 valence electrons. The number of nitrogens with zero attached hydrogens (tertiary/aromatic N) is 1. The third kappa shape index (κ3) is 14.2. The van der Waals surface area contributed by atoms with E-state index in [2.05, 4.69) is 34.8 Å². The van der Waals surface area contributed by atoms with E-state index < -0.39 is 11.7 Å². The number of hydrogen-bond donors (Lipinski definition) is 3. The lowest BCUT2D eigenvalue weighted by atomic mass is 10.0. The van der Waals surface area contributed by atoms with Gasteiger partial charge in [0, 0.05) is 46.6 Å². The van der Waals surface area contributed by atoms with Crippen LogP contribution >= 0.6 is 24.0 Å². The maximum absolute atomic E-state index is 12.0. The maximum Gasteiger partial charge on any atom is 0.407 e. The van der Waals surface area contributed by atoms with E-state index in [0.29, 0.717) is 18.4 Å². The first-order valence-corrected chi connectivity index (χ1v) is 10.8. The van der Waals surface area contributed by atoms with Gasteiger partial charge in [-0.25, -0.2) is 4.79 Å². The Morgan fingerprint density at radius 1 is 1.20 bits per heavy atom. The van der Waals surface area contributed by atoms with Gasteiger partial charge in [0.1, 0.15) is 5.60 Å². The number of halogens is 1. The Balaban J connectivity index is 0.00000841. The van der Waals surface area contributed by atoms with Gasteiger partial charge < -0.3 is 30.2 Å². The third-order valence-corrected chi connectivity index (χ3v) is 4.67. The van der Waals surface area contributed by atoms with E-state index in [0.717, 1.165) is 52.2 Å². The van der Waals surface area contributed by atoms with Crippen molar-refractivity contribution in [1.29, 1.82) is 0 Å². The van der Waals surface area contributed by atoms with Crippen LogP contribution in [0, 0.1) is 11.8 Å². The molecule has 30 heavy (non-hydrogen) atoms. The Hall–Kier alpha value is -0.810. The smallest absolute Gasteiger partial charge is 0.407 e. The van der Waals surface area contributed by atoms with Crippen molar-refractivity contribution < 1.29 is 19.0 Å². The van der Waals surface area contributed by atoms with Crippen molar-refractivity contribution in [2.24, 2.45) is 16.8 Å². The molecule has 0 aromatic rings. The summed E-state index contributed by atoms with van der Waals surface area (Å²) in [6.07, 6.45) is 2.71. The molecule has 0 aliphatic carbocycles. The summed E-state index contributed by atoms with van der Waals surface area (Å²) in [5.41, 5.74) is -0.510. The van der Waals surface area contributed by atoms with E-state index in [-0.39, 0.29) is 35.9 Å². The minimum absolute atomic E-state index is 0. The van der Waals surface area contributed by atoms with Crippen LogP contribution < -0.4 is 16.0 Å². The third-order valence-electron chi connectivity index (χ3n) is 4.67. The number of amides is 1. The van der Waals surface area contributed by atoms with Crippen molar-refractivity contribution in [3.8, 4) is 0 Å². The van der Waals surface area contributed by atoms with Crippen LogP contribution in [0.2, 0.25) is 0 Å². The van der Waals surface area contributed by atoms with Gasteiger partial charge in [0.25, 0.3) is 0 Å². The highest BCUT2D eigenvalue weighted by atomic mass is 127. The monoisotopic (exact) mass is 542 g/mol. The first kappa shape index (κ1) is 29.2. The molecule has 1 atom stereocenters. The fourth-order valence-electron chi connectivity index (χ4n) is 2.88. The molecule has 1 unspecified atom stereocenters. The van der Waals surface area contributed by atoms with Gasteiger partial charge in [-0.15, -0.1) is 24.0 Å². The molecule has 0 bridgehead atoms. The van der Waals surface area contributed by atoms with Crippen LogP contribution in [0.5, 0.6) is 0 Å². The van der Waals surface area contributed by atoms with Gasteiger partial charge in [-0.05, 0) is 51.9 Å². The summed E-state index contributed by atoms with van der Waals surface area (Å²) in [6, 6.07) is -0.0637. The molecule has 1 heterocycles. The molecular weight excluding hydrogens is 499 g/mol. The highest BCUT2D eigenvalue weighted by Gasteiger charge is 2.21. The lowest BCUT2D eigenvalue weighted by Crippen LogP contribution is -2.50. The summed E-state index contributed by atoms with van der Waals surface area (Å²) in [7, 11) is 1.74. The number of ether oxygens (including phenoxy) is 3. The molecule has 1 aliphatic rings. The summed E-state index contributed by atoms with van der Waals surface area (Å²) < 4.78 is 16.5. The Morgan fingerprint density at radius 2 is 1.87 bits per heavy atom. The number of carbonyl (C=O) groups excluding carboxylic acids is 1. The number of rotatable bonds is 10. The van der Waals surface area contributed by atoms with Crippen LogP contribution in [0.25, 0.3) is 0 Å². The molecule has 1 rings (SSSR count). The minimum Gasteiger partial charge on any atom is -0.444 e. The van der Waals surface area contributed by atoms with Crippen LogP contribution in [-0.2, 0) is 14.2 Å². The summed E-state index contributed by atoms with van der Waals surface area (Å²) in [5.74, 6) is 1.61. The van der Waals surface area contributed by atoms with E-state index in [1.54, 1.807) is 7.05 Å². The summed E-state index contributed by atoms with van der Waals surface area (Å²) >= 11 is 0. The van der Waals surface area contributed by atoms with Crippen LogP contribution in [-0.4, -0.2) is 70.3 Å². The summed E-state index contributed by atoms with van der Waals surface area (Å²) in [5, 5.41) is 9.50. The fourth-order valence-corrected chi connectivity index (χ4v) is 2.88. The zero-order valence-electron chi connectivity index (χ0n) is 19.6. The van der Waals surface area contributed by atoms with E-state index in [1.165, 1.54) is 0 Å². The first-order valence-electron chi connectivity index (χ1n) is 10.8. The van der Waals surface area contributed by atoms with Crippen molar-refractivity contribution in [2.75, 3.05) is 46.6 Å². The molecule has 1 aliphatic heterocycles. The molecule has 0 spiro atoms. The average molecular weight is 543 g/mol. The molecule has 9 heteroatoms. The van der Waals surface area contributed by atoms with Crippen molar-refractivity contribution in [1.82, 2.24) is 16.0 Å². The number of carbonyl (C=O) groups is 1. The molecular formula is C21H43IN4O4. The topological polar surface area (TPSA) is 93.2 Å². The highest BCUT2D eigenvalue weighted by molar-refractivity contribution is 14.0. The van der Waals surface area contributed by atoms with Gasteiger partial charge in [-0.1, -0.05) is 13.8 Å². The van der Waals surface area contributed by atoms with Gasteiger partial charge in [0.15, 0.2) is 5.96 Å². The quantitative estimate of drug-likeness (QED) is 0.170. The van der Waals surface area contributed by atoms with E-state index in [4.69, 9.17) is 14.2 Å².